The first kappa shape index (κ1) is 28.4. The van der Waals surface area contributed by atoms with Gasteiger partial charge in [-0.2, -0.15) is 13.2 Å². The zero-order valence-electron chi connectivity index (χ0n) is 20.4. The Morgan fingerprint density at radius 3 is 2.52 bits per heavy atom. The number of aromatic hydroxyl groups is 1. The van der Waals surface area contributed by atoms with Gasteiger partial charge in [0, 0.05) is 34.2 Å². The summed E-state index contributed by atoms with van der Waals surface area (Å²) in [4.78, 5) is 37.0. The van der Waals surface area contributed by atoms with Crippen LogP contribution in [-0.2, 0) is 22.2 Å². The highest BCUT2D eigenvalue weighted by molar-refractivity contribution is 6.32. The minimum Gasteiger partial charge on any atom is -0.506 e. The van der Waals surface area contributed by atoms with E-state index in [1.807, 2.05) is 5.32 Å². The zero-order chi connectivity index (χ0) is 29.4. The summed E-state index contributed by atoms with van der Waals surface area (Å²) < 4.78 is 59.4. The van der Waals surface area contributed by atoms with E-state index in [0.717, 1.165) is 6.08 Å². The van der Waals surface area contributed by atoms with Crippen molar-refractivity contribution in [1.29, 1.82) is 0 Å². The Morgan fingerprint density at radius 1 is 1.12 bits per heavy atom. The molecule has 0 fully saturated rings. The van der Waals surface area contributed by atoms with Gasteiger partial charge in [-0.25, -0.2) is 14.0 Å². The lowest BCUT2D eigenvalue weighted by atomic mass is 9.93. The Labute approximate surface area is 227 Å². The molecule has 0 aliphatic carbocycles. The van der Waals surface area contributed by atoms with Gasteiger partial charge in [0.2, 0.25) is 5.91 Å². The molecule has 1 aromatic heterocycles. The Kier molecular flexibility index (Phi) is 7.70. The van der Waals surface area contributed by atoms with E-state index in [1.54, 1.807) is 37.3 Å². The molecule has 0 atom stereocenters. The predicted octanol–water partition coefficient (Wildman–Crippen LogP) is 6.56. The molecule has 12 heteroatoms. The number of aryl methyl sites for hydroxylation is 1. The van der Waals surface area contributed by atoms with Crippen LogP contribution in [0.15, 0.2) is 63.8 Å². The summed E-state index contributed by atoms with van der Waals surface area (Å²) in [5.74, 6) is -4.85. The van der Waals surface area contributed by atoms with Gasteiger partial charge in [0.25, 0.3) is 0 Å². The molecule has 7 nitrogen and oxygen atoms in total. The number of rotatable bonds is 6. The highest BCUT2D eigenvalue weighted by Gasteiger charge is 2.36. The molecule has 0 saturated carbocycles. The third-order valence-electron chi connectivity index (χ3n) is 5.86. The number of benzene rings is 3. The van der Waals surface area contributed by atoms with Crippen LogP contribution in [0.25, 0.3) is 28.2 Å². The standard InChI is InChI=1S/C28H18ClF4NO6/c1-13-7-17-22(12-20(13)29)40-27(39)18(25(17)15-4-2-3-14(8-15)5-6-24(37)38)11-23(36)34-26-19(28(31,32)33)9-16(30)10-21(26)35/h2-10,12,35H,11H2,1H3,(H,34,36)(H,37,38)/b6-5+. The lowest BCUT2D eigenvalue weighted by molar-refractivity contribution is -0.137. The molecule has 0 spiro atoms. The maximum absolute atomic E-state index is 13.6. The fourth-order valence-electron chi connectivity index (χ4n) is 4.12. The van der Waals surface area contributed by atoms with Gasteiger partial charge in [-0.1, -0.05) is 29.8 Å². The van der Waals surface area contributed by atoms with Crippen LogP contribution in [0.4, 0.5) is 23.2 Å². The van der Waals surface area contributed by atoms with Gasteiger partial charge in [0.1, 0.15) is 17.1 Å². The summed E-state index contributed by atoms with van der Waals surface area (Å²) in [5.41, 5.74) is -2.24. The number of hydrogen-bond donors (Lipinski definition) is 3. The largest absolute Gasteiger partial charge is 0.506 e. The quantitative estimate of drug-likeness (QED) is 0.104. The number of carbonyl (C=O) groups excluding carboxylic acids is 1. The number of phenols is 1. The third-order valence-corrected chi connectivity index (χ3v) is 6.27. The number of hydrogen-bond acceptors (Lipinski definition) is 5. The second-order valence-electron chi connectivity index (χ2n) is 8.71. The summed E-state index contributed by atoms with van der Waals surface area (Å²) >= 11 is 6.19. The normalized spacial score (nSPS) is 11.8. The molecule has 40 heavy (non-hydrogen) atoms. The molecule has 0 aliphatic heterocycles. The van der Waals surface area contributed by atoms with Gasteiger partial charge in [0.05, 0.1) is 23.2 Å². The molecule has 3 N–H and O–H groups in total. The minimum absolute atomic E-state index is 0.0711. The number of halogens is 5. The Balaban J connectivity index is 1.87. The fourth-order valence-corrected chi connectivity index (χ4v) is 4.27. The van der Waals surface area contributed by atoms with E-state index in [0.29, 0.717) is 28.1 Å². The summed E-state index contributed by atoms with van der Waals surface area (Å²) in [7, 11) is 0. The van der Waals surface area contributed by atoms with Crippen LogP contribution < -0.4 is 10.9 Å². The first-order valence-corrected chi connectivity index (χ1v) is 11.8. The lowest BCUT2D eigenvalue weighted by Gasteiger charge is -2.17. The number of phenolic OH excluding ortho intramolecular Hbond substituents is 1. The van der Waals surface area contributed by atoms with Gasteiger partial charge in [-0.05, 0) is 47.9 Å². The molecular weight excluding hydrogens is 558 g/mol. The number of amides is 1. The molecule has 4 rings (SSSR count). The van der Waals surface area contributed by atoms with Crippen LogP contribution in [-0.4, -0.2) is 22.1 Å². The molecule has 206 valence electrons. The number of alkyl halides is 3. The van der Waals surface area contributed by atoms with Crippen molar-refractivity contribution in [3.8, 4) is 16.9 Å². The topological polar surface area (TPSA) is 117 Å². The van der Waals surface area contributed by atoms with Crippen LogP contribution in [0.1, 0.15) is 22.3 Å². The number of fused-ring (bicyclic) bond motifs is 1. The van der Waals surface area contributed by atoms with Crippen molar-refractivity contribution in [3.05, 3.63) is 98.1 Å². The van der Waals surface area contributed by atoms with Crippen molar-refractivity contribution in [2.75, 3.05) is 5.32 Å². The maximum atomic E-state index is 13.6. The van der Waals surface area contributed by atoms with Crippen molar-refractivity contribution in [2.45, 2.75) is 19.5 Å². The van der Waals surface area contributed by atoms with E-state index in [4.69, 9.17) is 21.1 Å². The van der Waals surface area contributed by atoms with Gasteiger partial charge in [-0.15, -0.1) is 0 Å². The molecule has 0 saturated heterocycles. The number of aliphatic carboxylic acids is 1. The molecule has 1 heterocycles. The second-order valence-corrected chi connectivity index (χ2v) is 9.12. The Bertz CT molecular complexity index is 1760. The van der Waals surface area contributed by atoms with E-state index in [-0.39, 0.29) is 27.8 Å². The molecule has 3 aromatic carbocycles. The van der Waals surface area contributed by atoms with Gasteiger partial charge < -0.3 is 19.9 Å². The molecule has 4 aromatic rings. The van der Waals surface area contributed by atoms with E-state index in [1.165, 1.54) is 12.1 Å². The summed E-state index contributed by atoms with van der Waals surface area (Å²) in [5, 5.41) is 21.5. The van der Waals surface area contributed by atoms with Gasteiger partial charge in [0.15, 0.2) is 0 Å². The van der Waals surface area contributed by atoms with E-state index >= 15 is 0 Å². The van der Waals surface area contributed by atoms with Crippen molar-refractivity contribution < 1.29 is 41.8 Å². The average molecular weight is 576 g/mol. The molecule has 0 bridgehead atoms. The average Bonchev–Trinajstić information content (AvgIpc) is 2.85. The first-order chi connectivity index (χ1) is 18.7. The van der Waals surface area contributed by atoms with Gasteiger partial charge in [-0.3, -0.25) is 4.79 Å². The number of carboxylic acids is 1. The smallest absolute Gasteiger partial charge is 0.418 e. The summed E-state index contributed by atoms with van der Waals surface area (Å²) in [6.07, 6.45) is -3.69. The second kappa shape index (κ2) is 10.9. The summed E-state index contributed by atoms with van der Waals surface area (Å²) in [6, 6.07) is 9.85. The number of carbonyl (C=O) groups is 2. The molecule has 0 radical (unpaired) electrons. The third kappa shape index (κ3) is 5.99. The van der Waals surface area contributed by atoms with Crippen molar-refractivity contribution in [2.24, 2.45) is 0 Å². The van der Waals surface area contributed by atoms with Crippen molar-refractivity contribution >= 4 is 46.2 Å². The Morgan fingerprint density at radius 2 is 1.85 bits per heavy atom. The Hall–Kier alpha value is -4.64. The molecule has 0 unspecified atom stereocenters. The van der Waals surface area contributed by atoms with E-state index in [2.05, 4.69) is 0 Å². The maximum Gasteiger partial charge on any atom is 0.418 e. The number of carboxylic acid groups (broad SMARTS) is 1. The molecule has 1 amide bonds. The fraction of sp³-hybridized carbons (Fsp3) is 0.107. The lowest BCUT2D eigenvalue weighted by Crippen LogP contribution is -2.22. The van der Waals surface area contributed by atoms with Crippen LogP contribution in [0.3, 0.4) is 0 Å². The highest BCUT2D eigenvalue weighted by Crippen LogP contribution is 2.40. The molecule has 0 aliphatic rings. The minimum atomic E-state index is -5.12. The first-order valence-electron chi connectivity index (χ1n) is 11.4. The highest BCUT2D eigenvalue weighted by atomic mass is 35.5. The number of nitrogens with one attached hydrogen (secondary N) is 1. The SMILES string of the molecule is Cc1cc2c(-c3cccc(/C=C/C(=O)O)c3)c(CC(=O)Nc3c(O)cc(F)cc3C(F)(F)F)c(=O)oc2cc1Cl. The number of anilines is 1. The van der Waals surface area contributed by atoms with E-state index < -0.39 is 52.9 Å². The van der Waals surface area contributed by atoms with Crippen LogP contribution in [0.2, 0.25) is 5.02 Å². The molecular formula is C28H18ClF4NO6. The van der Waals surface area contributed by atoms with Gasteiger partial charge >= 0.3 is 17.8 Å². The van der Waals surface area contributed by atoms with Crippen LogP contribution in [0.5, 0.6) is 5.75 Å². The van der Waals surface area contributed by atoms with E-state index in [9.17, 15) is 37.1 Å². The van der Waals surface area contributed by atoms with Crippen LogP contribution in [0, 0.1) is 12.7 Å². The van der Waals surface area contributed by atoms with Crippen molar-refractivity contribution in [3.63, 3.8) is 0 Å². The summed E-state index contributed by atoms with van der Waals surface area (Å²) in [6.45, 7) is 1.69. The zero-order valence-corrected chi connectivity index (χ0v) is 21.2. The predicted molar refractivity (Wildman–Crippen MR) is 140 cm³/mol. The van der Waals surface area contributed by atoms with Crippen molar-refractivity contribution in [1.82, 2.24) is 0 Å². The van der Waals surface area contributed by atoms with Crippen LogP contribution >= 0.6 is 11.6 Å². The monoisotopic (exact) mass is 575 g/mol.